The average molecular weight is 402 g/mol. The summed E-state index contributed by atoms with van der Waals surface area (Å²) in [5.74, 6) is -0.239. The molecule has 28 heavy (non-hydrogen) atoms. The summed E-state index contributed by atoms with van der Waals surface area (Å²) in [5, 5.41) is 2.68. The highest BCUT2D eigenvalue weighted by atomic mass is 32.2. The van der Waals surface area contributed by atoms with E-state index in [9.17, 15) is 13.2 Å². The lowest BCUT2D eigenvalue weighted by Gasteiger charge is -2.25. The second-order valence-electron chi connectivity index (χ2n) is 7.18. The van der Waals surface area contributed by atoms with Crippen molar-refractivity contribution in [3.8, 4) is 0 Å². The molecule has 2 aromatic carbocycles. The first-order valence-corrected chi connectivity index (χ1v) is 11.1. The molecule has 1 amide bonds. The highest BCUT2D eigenvalue weighted by Crippen LogP contribution is 2.30. The van der Waals surface area contributed by atoms with Gasteiger partial charge >= 0.3 is 0 Å². The van der Waals surface area contributed by atoms with Gasteiger partial charge in [0.1, 0.15) is 0 Å². The van der Waals surface area contributed by atoms with Crippen LogP contribution in [0.15, 0.2) is 47.4 Å². The van der Waals surface area contributed by atoms with E-state index >= 15 is 0 Å². The fourth-order valence-electron chi connectivity index (χ4n) is 3.44. The number of hydrogen-bond donors (Lipinski definition) is 2. The maximum Gasteiger partial charge on any atom is 0.262 e. The number of anilines is 3. The summed E-state index contributed by atoms with van der Waals surface area (Å²) >= 11 is 0. The third-order valence-electron chi connectivity index (χ3n) is 4.93. The smallest absolute Gasteiger partial charge is 0.262 e. The standard InChI is InChI=1S/C21H27N3O3S/c1-16-11-12-18(15-20(16)22-17(2)25)28(26,27)23-19-9-5-6-10-21(19)24-13-7-3-4-8-14-24/h5-6,9-12,15,23H,3-4,7-8,13-14H2,1-2H3,(H,22,25). The van der Waals surface area contributed by atoms with Crippen molar-refractivity contribution in [2.75, 3.05) is 28.0 Å². The number of carbonyl (C=O) groups excluding carboxylic acids is 1. The molecule has 0 saturated carbocycles. The minimum atomic E-state index is -3.79. The summed E-state index contributed by atoms with van der Waals surface area (Å²) in [7, 11) is -3.79. The third-order valence-corrected chi connectivity index (χ3v) is 6.29. The molecule has 0 spiro atoms. The summed E-state index contributed by atoms with van der Waals surface area (Å²) in [6, 6.07) is 12.3. The monoisotopic (exact) mass is 401 g/mol. The molecule has 150 valence electrons. The van der Waals surface area contributed by atoms with E-state index < -0.39 is 10.0 Å². The summed E-state index contributed by atoms with van der Waals surface area (Å²) in [6.45, 7) is 5.08. The van der Waals surface area contributed by atoms with Crippen molar-refractivity contribution in [1.82, 2.24) is 0 Å². The lowest BCUT2D eigenvalue weighted by Crippen LogP contribution is -2.25. The number of para-hydroxylation sites is 2. The predicted molar refractivity (Wildman–Crippen MR) is 113 cm³/mol. The van der Waals surface area contributed by atoms with Crippen LogP contribution < -0.4 is 14.9 Å². The Kier molecular flexibility index (Phi) is 6.24. The van der Waals surface area contributed by atoms with Gasteiger partial charge in [-0.25, -0.2) is 8.42 Å². The van der Waals surface area contributed by atoms with Crippen LogP contribution in [-0.2, 0) is 14.8 Å². The Hall–Kier alpha value is -2.54. The molecule has 1 aliphatic rings. The number of sulfonamides is 1. The normalized spacial score (nSPS) is 15.0. The molecule has 2 N–H and O–H groups in total. The van der Waals surface area contributed by atoms with Gasteiger partial charge < -0.3 is 10.2 Å². The van der Waals surface area contributed by atoms with Crippen LogP contribution in [0.1, 0.15) is 38.2 Å². The molecule has 0 atom stereocenters. The van der Waals surface area contributed by atoms with Crippen LogP contribution in [0.4, 0.5) is 17.1 Å². The topological polar surface area (TPSA) is 78.5 Å². The third kappa shape index (κ3) is 4.84. The van der Waals surface area contributed by atoms with Gasteiger partial charge in [-0.1, -0.05) is 31.0 Å². The van der Waals surface area contributed by atoms with E-state index in [-0.39, 0.29) is 10.8 Å². The fraction of sp³-hybridized carbons (Fsp3) is 0.381. The van der Waals surface area contributed by atoms with Crippen LogP contribution in [0.5, 0.6) is 0 Å². The quantitative estimate of drug-likeness (QED) is 0.789. The molecule has 0 aromatic heterocycles. The Morgan fingerprint density at radius 2 is 1.64 bits per heavy atom. The molecule has 7 heteroatoms. The number of nitrogens with one attached hydrogen (secondary N) is 2. The van der Waals surface area contributed by atoms with Crippen molar-refractivity contribution < 1.29 is 13.2 Å². The van der Waals surface area contributed by atoms with Crippen molar-refractivity contribution in [1.29, 1.82) is 0 Å². The van der Waals surface area contributed by atoms with E-state index in [4.69, 9.17) is 0 Å². The van der Waals surface area contributed by atoms with Crippen LogP contribution in [0.25, 0.3) is 0 Å². The molecule has 1 saturated heterocycles. The SMILES string of the molecule is CC(=O)Nc1cc(S(=O)(=O)Nc2ccccc2N2CCCCCC2)ccc1C. The van der Waals surface area contributed by atoms with E-state index in [1.807, 2.05) is 25.1 Å². The zero-order valence-corrected chi connectivity index (χ0v) is 17.2. The minimum absolute atomic E-state index is 0.118. The molecule has 1 aliphatic heterocycles. The van der Waals surface area contributed by atoms with Crippen LogP contribution >= 0.6 is 0 Å². The number of rotatable bonds is 5. The molecule has 3 rings (SSSR count). The van der Waals surface area contributed by atoms with Crippen LogP contribution in [-0.4, -0.2) is 27.4 Å². The Labute approximate surface area is 167 Å². The number of benzene rings is 2. The van der Waals surface area contributed by atoms with Crippen molar-refractivity contribution in [2.24, 2.45) is 0 Å². The zero-order valence-electron chi connectivity index (χ0n) is 16.4. The van der Waals surface area contributed by atoms with Gasteiger partial charge in [-0.2, -0.15) is 0 Å². The van der Waals surface area contributed by atoms with Gasteiger partial charge in [0.15, 0.2) is 0 Å². The van der Waals surface area contributed by atoms with Gasteiger partial charge in [0.25, 0.3) is 10.0 Å². The predicted octanol–water partition coefficient (Wildman–Crippen LogP) is 4.13. The van der Waals surface area contributed by atoms with Crippen LogP contribution in [0.2, 0.25) is 0 Å². The van der Waals surface area contributed by atoms with E-state index in [1.165, 1.54) is 25.8 Å². The molecule has 2 aromatic rings. The van der Waals surface area contributed by atoms with Gasteiger partial charge in [-0.3, -0.25) is 9.52 Å². The number of carbonyl (C=O) groups is 1. The van der Waals surface area contributed by atoms with E-state index in [2.05, 4.69) is 14.9 Å². The molecule has 0 bridgehead atoms. The van der Waals surface area contributed by atoms with Gasteiger partial charge in [-0.15, -0.1) is 0 Å². The van der Waals surface area contributed by atoms with Crippen molar-refractivity contribution in [3.63, 3.8) is 0 Å². The molecule has 1 fully saturated rings. The first-order chi connectivity index (χ1) is 13.4. The lowest BCUT2D eigenvalue weighted by atomic mass is 10.2. The fourth-order valence-corrected chi connectivity index (χ4v) is 4.54. The average Bonchev–Trinajstić information content (AvgIpc) is 2.92. The highest BCUT2D eigenvalue weighted by molar-refractivity contribution is 7.92. The number of amides is 1. The summed E-state index contributed by atoms with van der Waals surface area (Å²) < 4.78 is 28.8. The second kappa shape index (κ2) is 8.65. The minimum Gasteiger partial charge on any atom is -0.370 e. The van der Waals surface area contributed by atoms with Crippen molar-refractivity contribution >= 4 is 33.0 Å². The van der Waals surface area contributed by atoms with E-state index in [0.29, 0.717) is 11.4 Å². The molecule has 0 aliphatic carbocycles. The first kappa shape index (κ1) is 20.2. The first-order valence-electron chi connectivity index (χ1n) is 9.62. The number of hydrogen-bond acceptors (Lipinski definition) is 4. The largest absolute Gasteiger partial charge is 0.370 e. The van der Waals surface area contributed by atoms with Crippen LogP contribution in [0, 0.1) is 6.92 Å². The van der Waals surface area contributed by atoms with Gasteiger partial charge in [0, 0.05) is 25.7 Å². The molecule has 1 heterocycles. The van der Waals surface area contributed by atoms with Crippen molar-refractivity contribution in [3.05, 3.63) is 48.0 Å². The molecule has 6 nitrogen and oxygen atoms in total. The Morgan fingerprint density at radius 1 is 0.964 bits per heavy atom. The number of nitrogens with zero attached hydrogens (tertiary/aromatic N) is 1. The Balaban J connectivity index is 1.90. The van der Waals surface area contributed by atoms with E-state index in [1.54, 1.807) is 18.2 Å². The highest BCUT2D eigenvalue weighted by Gasteiger charge is 2.20. The Morgan fingerprint density at radius 3 is 2.32 bits per heavy atom. The van der Waals surface area contributed by atoms with E-state index in [0.717, 1.165) is 37.2 Å². The molecular weight excluding hydrogens is 374 g/mol. The summed E-state index contributed by atoms with van der Waals surface area (Å²) in [4.78, 5) is 13.8. The van der Waals surface area contributed by atoms with Gasteiger partial charge in [-0.05, 0) is 49.6 Å². The van der Waals surface area contributed by atoms with Crippen molar-refractivity contribution in [2.45, 2.75) is 44.4 Å². The molecular formula is C21H27N3O3S. The maximum atomic E-state index is 13.0. The molecule has 0 radical (unpaired) electrons. The molecule has 0 unspecified atom stereocenters. The lowest BCUT2D eigenvalue weighted by molar-refractivity contribution is -0.114. The summed E-state index contributed by atoms with van der Waals surface area (Å²) in [5.41, 5.74) is 2.78. The van der Waals surface area contributed by atoms with Crippen LogP contribution in [0.3, 0.4) is 0 Å². The maximum absolute atomic E-state index is 13.0. The zero-order chi connectivity index (χ0) is 20.1. The summed E-state index contributed by atoms with van der Waals surface area (Å²) in [6.07, 6.45) is 4.64. The van der Waals surface area contributed by atoms with Gasteiger partial charge in [0.2, 0.25) is 5.91 Å². The Bertz CT molecular complexity index is 949. The number of aryl methyl sites for hydroxylation is 1. The van der Waals surface area contributed by atoms with Gasteiger partial charge in [0.05, 0.1) is 16.3 Å². The second-order valence-corrected chi connectivity index (χ2v) is 8.86.